The highest BCUT2D eigenvalue weighted by Crippen LogP contribution is 2.62. The molecule has 3 fully saturated rings. The van der Waals surface area contributed by atoms with Crippen molar-refractivity contribution in [3.8, 4) is 0 Å². The molecule has 3 aliphatic rings. The first-order valence-corrected chi connectivity index (χ1v) is 6.20. The third-order valence-corrected chi connectivity index (χ3v) is 4.44. The molecule has 92 valence electrons. The van der Waals surface area contributed by atoms with E-state index in [1.807, 2.05) is 11.8 Å². The van der Waals surface area contributed by atoms with Gasteiger partial charge in [-0.1, -0.05) is 0 Å². The van der Waals surface area contributed by atoms with E-state index in [1.54, 1.807) is 0 Å². The molecular weight excluding hydrogens is 212 g/mol. The fraction of sp³-hybridized carbons (Fsp3) is 1.00. The Morgan fingerprint density at radius 1 is 1.19 bits per heavy atom. The summed E-state index contributed by atoms with van der Waals surface area (Å²) >= 11 is 0. The summed E-state index contributed by atoms with van der Waals surface area (Å²) in [6.07, 6.45) is 3.38. The molecule has 3 rings (SSSR count). The molecule has 2 heterocycles. The van der Waals surface area contributed by atoms with Gasteiger partial charge >= 0.3 is 0 Å². The highest BCUT2D eigenvalue weighted by atomic mass is 19.3. The Hall–Kier alpha value is -0.220. The predicted octanol–water partition coefficient (Wildman–Crippen LogP) is 2.29. The van der Waals surface area contributed by atoms with Gasteiger partial charge in [-0.3, -0.25) is 4.90 Å². The highest BCUT2D eigenvalue weighted by Gasteiger charge is 2.65. The summed E-state index contributed by atoms with van der Waals surface area (Å²) in [5.74, 6) is -2.51. The fourth-order valence-corrected chi connectivity index (χ4v) is 3.65. The van der Waals surface area contributed by atoms with Gasteiger partial charge in [0.15, 0.2) is 0 Å². The molecule has 4 heteroatoms. The summed E-state index contributed by atoms with van der Waals surface area (Å²) in [4.78, 5) is 2.01. The van der Waals surface area contributed by atoms with Crippen LogP contribution in [0.5, 0.6) is 0 Å². The van der Waals surface area contributed by atoms with E-state index in [1.165, 1.54) is 12.8 Å². The van der Waals surface area contributed by atoms with Gasteiger partial charge in [0, 0.05) is 19.6 Å². The van der Waals surface area contributed by atoms with E-state index >= 15 is 0 Å². The molecular formula is C12H19F2NO. The molecule has 0 N–H and O–H groups in total. The van der Waals surface area contributed by atoms with Crippen molar-refractivity contribution >= 4 is 0 Å². The number of fused-ring (bicyclic) bond motifs is 1. The minimum atomic E-state index is -2.51. The van der Waals surface area contributed by atoms with Crippen LogP contribution in [0.15, 0.2) is 0 Å². The van der Waals surface area contributed by atoms with Crippen molar-refractivity contribution in [2.75, 3.05) is 26.3 Å². The number of nitrogens with zero attached hydrogens (tertiary/aromatic N) is 1. The maximum atomic E-state index is 13.5. The van der Waals surface area contributed by atoms with Crippen molar-refractivity contribution in [1.29, 1.82) is 0 Å². The second-order valence-corrected chi connectivity index (χ2v) is 5.93. The maximum absolute atomic E-state index is 13.5. The lowest BCUT2D eigenvalue weighted by Crippen LogP contribution is -2.42. The van der Waals surface area contributed by atoms with Crippen LogP contribution in [0, 0.1) is 5.41 Å². The number of halogens is 2. The second-order valence-electron chi connectivity index (χ2n) is 5.93. The van der Waals surface area contributed by atoms with E-state index in [0.29, 0.717) is 18.6 Å². The van der Waals surface area contributed by atoms with Crippen LogP contribution in [0.2, 0.25) is 0 Å². The van der Waals surface area contributed by atoms with Crippen LogP contribution in [-0.2, 0) is 4.74 Å². The van der Waals surface area contributed by atoms with E-state index in [4.69, 9.17) is 4.74 Å². The predicted molar refractivity (Wildman–Crippen MR) is 56.6 cm³/mol. The summed E-state index contributed by atoms with van der Waals surface area (Å²) in [6, 6.07) is 0. The molecule has 0 radical (unpaired) electrons. The summed E-state index contributed by atoms with van der Waals surface area (Å²) in [7, 11) is 0. The maximum Gasteiger partial charge on any atom is 0.262 e. The molecule has 0 amide bonds. The molecule has 0 aromatic heterocycles. The van der Waals surface area contributed by atoms with Crippen molar-refractivity contribution in [2.24, 2.45) is 5.41 Å². The summed E-state index contributed by atoms with van der Waals surface area (Å²) in [5.41, 5.74) is 0.0314. The first-order chi connectivity index (χ1) is 7.49. The summed E-state index contributed by atoms with van der Waals surface area (Å²) in [5, 5.41) is 0. The minimum absolute atomic E-state index is 0.00174. The van der Waals surface area contributed by atoms with Crippen molar-refractivity contribution in [3.05, 3.63) is 0 Å². The van der Waals surface area contributed by atoms with E-state index in [9.17, 15) is 8.78 Å². The van der Waals surface area contributed by atoms with Crippen molar-refractivity contribution in [3.63, 3.8) is 0 Å². The quantitative estimate of drug-likeness (QED) is 0.739. The van der Waals surface area contributed by atoms with Crippen LogP contribution in [0.3, 0.4) is 0 Å². The molecule has 0 bridgehead atoms. The summed E-state index contributed by atoms with van der Waals surface area (Å²) in [6.45, 7) is 3.85. The van der Waals surface area contributed by atoms with Crippen molar-refractivity contribution in [1.82, 2.24) is 4.90 Å². The van der Waals surface area contributed by atoms with Crippen molar-refractivity contribution < 1.29 is 13.5 Å². The van der Waals surface area contributed by atoms with Gasteiger partial charge in [-0.25, -0.2) is 8.78 Å². The highest BCUT2D eigenvalue weighted by molar-refractivity contribution is 5.16. The fourth-order valence-electron chi connectivity index (χ4n) is 3.65. The monoisotopic (exact) mass is 231 g/mol. The second kappa shape index (κ2) is 3.16. The lowest BCUT2D eigenvalue weighted by molar-refractivity contribution is 0.00144. The Bertz CT molecular complexity index is 291. The minimum Gasteiger partial charge on any atom is -0.380 e. The normalized spacial score (nSPS) is 39.2. The van der Waals surface area contributed by atoms with Gasteiger partial charge in [0.05, 0.1) is 18.7 Å². The molecule has 2 saturated heterocycles. The number of rotatable bonds is 3. The standard InChI is InChI=1S/C12H19F2NO/c1-2-16-9-11-5-10(3-4-10)7-15(11)8-12(13,14)6-11/h2-9H2,1H3. The van der Waals surface area contributed by atoms with Crippen LogP contribution in [0.4, 0.5) is 8.78 Å². The lowest BCUT2D eigenvalue weighted by atomic mass is 9.88. The van der Waals surface area contributed by atoms with E-state index in [-0.39, 0.29) is 18.5 Å². The van der Waals surface area contributed by atoms with E-state index in [2.05, 4.69) is 0 Å². The first kappa shape index (κ1) is 10.9. The Balaban J connectivity index is 1.79. The van der Waals surface area contributed by atoms with Crippen LogP contribution < -0.4 is 0 Å². The number of hydrogen-bond donors (Lipinski definition) is 0. The van der Waals surface area contributed by atoms with Gasteiger partial charge in [-0.2, -0.15) is 0 Å². The average molecular weight is 231 g/mol. The van der Waals surface area contributed by atoms with Crippen molar-refractivity contribution in [2.45, 2.75) is 44.1 Å². The molecule has 1 spiro atoms. The molecule has 1 atom stereocenters. The van der Waals surface area contributed by atoms with E-state index < -0.39 is 5.92 Å². The van der Waals surface area contributed by atoms with E-state index in [0.717, 1.165) is 13.0 Å². The molecule has 2 aliphatic heterocycles. The Labute approximate surface area is 94.9 Å². The van der Waals surface area contributed by atoms with Gasteiger partial charge in [0.25, 0.3) is 5.92 Å². The smallest absolute Gasteiger partial charge is 0.262 e. The molecule has 16 heavy (non-hydrogen) atoms. The average Bonchev–Trinajstić information content (AvgIpc) is 2.77. The molecule has 1 aliphatic carbocycles. The van der Waals surface area contributed by atoms with Gasteiger partial charge in [-0.05, 0) is 31.6 Å². The number of alkyl halides is 2. The summed E-state index contributed by atoms with van der Waals surface area (Å²) < 4.78 is 32.5. The number of ether oxygens (including phenoxy) is 1. The Morgan fingerprint density at radius 3 is 2.56 bits per heavy atom. The first-order valence-electron chi connectivity index (χ1n) is 6.20. The van der Waals surface area contributed by atoms with Gasteiger partial charge in [-0.15, -0.1) is 0 Å². The van der Waals surface area contributed by atoms with Gasteiger partial charge < -0.3 is 4.74 Å². The zero-order valence-electron chi connectivity index (χ0n) is 9.77. The SMILES string of the molecule is CCOCC12CC(F)(F)CN1CC1(CC1)C2. The van der Waals surface area contributed by atoms with Gasteiger partial charge in [0.1, 0.15) is 0 Å². The molecule has 1 unspecified atom stereocenters. The zero-order valence-corrected chi connectivity index (χ0v) is 9.77. The van der Waals surface area contributed by atoms with Crippen LogP contribution >= 0.6 is 0 Å². The molecule has 0 aromatic rings. The van der Waals surface area contributed by atoms with Crippen LogP contribution in [-0.4, -0.2) is 42.7 Å². The largest absolute Gasteiger partial charge is 0.380 e. The number of hydrogen-bond acceptors (Lipinski definition) is 2. The van der Waals surface area contributed by atoms with Gasteiger partial charge in [0.2, 0.25) is 0 Å². The zero-order chi connectivity index (χ0) is 11.4. The lowest BCUT2D eigenvalue weighted by Gasteiger charge is -2.30. The topological polar surface area (TPSA) is 12.5 Å². The Kier molecular flexibility index (Phi) is 2.16. The molecule has 2 nitrogen and oxygen atoms in total. The van der Waals surface area contributed by atoms with Crippen LogP contribution in [0.25, 0.3) is 0 Å². The third-order valence-electron chi connectivity index (χ3n) is 4.44. The molecule has 0 aromatic carbocycles. The molecule has 1 saturated carbocycles. The Morgan fingerprint density at radius 2 is 1.94 bits per heavy atom. The van der Waals surface area contributed by atoms with Crippen LogP contribution in [0.1, 0.15) is 32.6 Å². The third kappa shape index (κ3) is 1.58.